The molecule has 0 atom stereocenters. The molecule has 7 rings (SSSR count). The molecule has 4 nitrogen and oxygen atoms in total. The molecule has 0 amide bonds. The van der Waals surface area contributed by atoms with Crippen molar-refractivity contribution < 1.29 is 5.11 Å². The fourth-order valence-corrected chi connectivity index (χ4v) is 5.61. The van der Waals surface area contributed by atoms with Crippen LogP contribution in [-0.4, -0.2) is 19.5 Å². The van der Waals surface area contributed by atoms with Gasteiger partial charge in [0, 0.05) is 38.9 Å². The first-order valence-corrected chi connectivity index (χ1v) is 12.4. The van der Waals surface area contributed by atoms with Crippen LogP contribution >= 0.6 is 0 Å². The normalized spacial score (nSPS) is 12.1. The predicted molar refractivity (Wildman–Crippen MR) is 148 cm³/mol. The molecule has 0 aliphatic heterocycles. The summed E-state index contributed by atoms with van der Waals surface area (Å²) >= 11 is 0. The average molecular weight is 468 g/mol. The standard InChI is InChI=1S/C32H25N3O/c1-19(2)15-20-16-21(23-7-3-4-11-29(23)36)18-22(17-20)28-13-12-27-25-9-5-8-24-26-10-6-14-33-31(26)35(30(24)25)32(27)34-28/h3-14,16-19,36H,15H2,1-2H3. The van der Waals surface area contributed by atoms with Crippen LogP contribution in [0.5, 0.6) is 5.75 Å². The molecule has 36 heavy (non-hydrogen) atoms. The van der Waals surface area contributed by atoms with E-state index >= 15 is 0 Å². The van der Waals surface area contributed by atoms with Gasteiger partial charge >= 0.3 is 0 Å². The molecule has 0 fully saturated rings. The second kappa shape index (κ2) is 7.79. The Labute approximate surface area is 208 Å². The molecule has 0 spiro atoms. The maximum atomic E-state index is 10.6. The van der Waals surface area contributed by atoms with Crippen molar-refractivity contribution in [3.05, 3.63) is 96.7 Å². The quantitative estimate of drug-likeness (QED) is 0.287. The first-order valence-electron chi connectivity index (χ1n) is 12.4. The maximum Gasteiger partial charge on any atom is 0.147 e. The van der Waals surface area contributed by atoms with Crippen LogP contribution in [0.25, 0.3) is 60.7 Å². The molecule has 0 saturated heterocycles. The monoisotopic (exact) mass is 467 g/mol. The molecule has 0 saturated carbocycles. The molecule has 0 bridgehead atoms. The number of benzene rings is 3. The van der Waals surface area contributed by atoms with Crippen molar-refractivity contribution in [2.24, 2.45) is 5.92 Å². The van der Waals surface area contributed by atoms with E-state index in [2.05, 4.69) is 72.8 Å². The summed E-state index contributed by atoms with van der Waals surface area (Å²) in [5, 5.41) is 15.2. The molecule has 3 aromatic carbocycles. The van der Waals surface area contributed by atoms with Crippen LogP contribution in [0.4, 0.5) is 0 Å². The predicted octanol–water partition coefficient (Wildman–Crippen LogP) is 7.86. The lowest BCUT2D eigenvalue weighted by molar-refractivity contribution is 0.477. The van der Waals surface area contributed by atoms with Gasteiger partial charge in [-0.25, -0.2) is 9.97 Å². The lowest BCUT2D eigenvalue weighted by Crippen LogP contribution is -1.96. The van der Waals surface area contributed by atoms with Crippen LogP contribution in [0.3, 0.4) is 0 Å². The van der Waals surface area contributed by atoms with Crippen LogP contribution in [0.1, 0.15) is 19.4 Å². The van der Waals surface area contributed by atoms with E-state index in [1.54, 1.807) is 6.07 Å². The lowest BCUT2D eigenvalue weighted by atomic mass is 9.94. The van der Waals surface area contributed by atoms with Gasteiger partial charge in [0.2, 0.25) is 0 Å². The van der Waals surface area contributed by atoms with E-state index in [4.69, 9.17) is 9.97 Å². The summed E-state index contributed by atoms with van der Waals surface area (Å²) in [5.41, 5.74) is 8.07. The van der Waals surface area contributed by atoms with Crippen molar-refractivity contribution in [3.63, 3.8) is 0 Å². The largest absolute Gasteiger partial charge is 0.507 e. The van der Waals surface area contributed by atoms with E-state index in [-0.39, 0.29) is 5.75 Å². The minimum atomic E-state index is 0.287. The molecule has 0 radical (unpaired) electrons. The van der Waals surface area contributed by atoms with E-state index in [9.17, 15) is 5.11 Å². The first kappa shape index (κ1) is 20.9. The Morgan fingerprint density at radius 1 is 0.750 bits per heavy atom. The van der Waals surface area contributed by atoms with E-state index in [1.807, 2.05) is 30.5 Å². The van der Waals surface area contributed by atoms with Gasteiger partial charge in [-0.15, -0.1) is 0 Å². The Morgan fingerprint density at radius 3 is 2.31 bits per heavy atom. The molecule has 4 aromatic heterocycles. The third-order valence-electron chi connectivity index (χ3n) is 7.07. The number of nitrogens with zero attached hydrogens (tertiary/aromatic N) is 3. The summed E-state index contributed by atoms with van der Waals surface area (Å²) < 4.78 is 2.21. The zero-order chi connectivity index (χ0) is 24.4. The average Bonchev–Trinajstić information content (AvgIpc) is 3.40. The summed E-state index contributed by atoms with van der Waals surface area (Å²) in [4.78, 5) is 9.95. The highest BCUT2D eigenvalue weighted by Gasteiger charge is 2.19. The van der Waals surface area contributed by atoms with Gasteiger partial charge in [-0.05, 0) is 65.9 Å². The minimum absolute atomic E-state index is 0.287. The van der Waals surface area contributed by atoms with Gasteiger partial charge < -0.3 is 5.11 Å². The Balaban J connectivity index is 1.50. The topological polar surface area (TPSA) is 50.4 Å². The van der Waals surface area contributed by atoms with Crippen molar-refractivity contribution in [1.82, 2.24) is 14.4 Å². The second-order valence-electron chi connectivity index (χ2n) is 10.0. The van der Waals surface area contributed by atoms with Crippen molar-refractivity contribution in [1.29, 1.82) is 0 Å². The van der Waals surface area contributed by atoms with Gasteiger partial charge in [-0.2, -0.15) is 0 Å². The molecule has 0 aliphatic rings. The molecular formula is C32H25N3O. The van der Waals surface area contributed by atoms with Crippen LogP contribution < -0.4 is 0 Å². The maximum absolute atomic E-state index is 10.6. The SMILES string of the molecule is CC(C)Cc1cc(-c2ccc3c4cccc5c6cccnc6n(c3n2)c54)cc(-c2ccccc2O)c1. The van der Waals surface area contributed by atoms with Crippen molar-refractivity contribution in [2.75, 3.05) is 0 Å². The number of para-hydroxylation sites is 2. The van der Waals surface area contributed by atoms with E-state index in [0.717, 1.165) is 50.9 Å². The van der Waals surface area contributed by atoms with E-state index in [1.165, 1.54) is 21.9 Å². The van der Waals surface area contributed by atoms with Gasteiger partial charge in [0.25, 0.3) is 0 Å². The highest BCUT2D eigenvalue weighted by Crippen LogP contribution is 2.39. The minimum Gasteiger partial charge on any atom is -0.507 e. The Bertz CT molecular complexity index is 1910. The fraction of sp³-hybridized carbons (Fsp3) is 0.125. The Hall–Kier alpha value is -4.44. The summed E-state index contributed by atoms with van der Waals surface area (Å²) in [6.45, 7) is 4.46. The third kappa shape index (κ3) is 3.07. The Kier molecular flexibility index (Phi) is 4.52. The van der Waals surface area contributed by atoms with Gasteiger partial charge in [0.15, 0.2) is 0 Å². The van der Waals surface area contributed by atoms with Crippen LogP contribution in [0.15, 0.2) is 91.1 Å². The number of pyridine rings is 2. The number of hydrogen-bond acceptors (Lipinski definition) is 3. The molecule has 0 aliphatic carbocycles. The molecule has 1 N–H and O–H groups in total. The zero-order valence-corrected chi connectivity index (χ0v) is 20.2. The number of aromatic nitrogens is 3. The van der Waals surface area contributed by atoms with Gasteiger partial charge in [-0.1, -0.05) is 56.3 Å². The molecule has 174 valence electrons. The van der Waals surface area contributed by atoms with E-state index in [0.29, 0.717) is 5.92 Å². The number of hydrogen-bond donors (Lipinski definition) is 1. The van der Waals surface area contributed by atoms with Gasteiger partial charge in [0.05, 0.1) is 11.2 Å². The lowest BCUT2D eigenvalue weighted by Gasteiger charge is -2.13. The number of rotatable bonds is 4. The number of aromatic hydroxyl groups is 1. The summed E-state index contributed by atoms with van der Waals surface area (Å²) in [6.07, 6.45) is 2.80. The zero-order valence-electron chi connectivity index (χ0n) is 20.2. The van der Waals surface area contributed by atoms with Gasteiger partial charge in [-0.3, -0.25) is 4.40 Å². The summed E-state index contributed by atoms with van der Waals surface area (Å²) in [6, 6.07) is 29.0. The van der Waals surface area contributed by atoms with Crippen LogP contribution in [0.2, 0.25) is 0 Å². The molecule has 4 heterocycles. The molecule has 7 aromatic rings. The molecular weight excluding hydrogens is 442 g/mol. The highest BCUT2D eigenvalue weighted by molar-refractivity contribution is 6.22. The number of fused-ring (bicyclic) bond motifs is 6. The number of phenolic OH excluding ortho intramolecular Hbond substituents is 1. The molecule has 0 unspecified atom stereocenters. The van der Waals surface area contributed by atoms with Crippen molar-refractivity contribution >= 4 is 38.4 Å². The Morgan fingerprint density at radius 2 is 1.50 bits per heavy atom. The molecule has 4 heteroatoms. The third-order valence-corrected chi connectivity index (χ3v) is 7.07. The van der Waals surface area contributed by atoms with E-state index < -0.39 is 0 Å². The van der Waals surface area contributed by atoms with Gasteiger partial charge in [0.1, 0.15) is 17.0 Å². The fourth-order valence-electron chi connectivity index (χ4n) is 5.61. The first-order chi connectivity index (χ1) is 17.6. The second-order valence-corrected chi connectivity index (χ2v) is 10.0. The summed E-state index contributed by atoms with van der Waals surface area (Å²) in [7, 11) is 0. The van der Waals surface area contributed by atoms with Crippen LogP contribution in [0, 0.1) is 5.92 Å². The van der Waals surface area contributed by atoms with Crippen LogP contribution in [-0.2, 0) is 6.42 Å². The smallest absolute Gasteiger partial charge is 0.147 e. The van der Waals surface area contributed by atoms with Crippen molar-refractivity contribution in [3.8, 4) is 28.1 Å². The summed E-state index contributed by atoms with van der Waals surface area (Å²) in [5.74, 6) is 0.806. The van der Waals surface area contributed by atoms with Crippen molar-refractivity contribution in [2.45, 2.75) is 20.3 Å². The highest BCUT2D eigenvalue weighted by atomic mass is 16.3. The number of phenols is 1.